The second-order valence-electron chi connectivity index (χ2n) is 5.58. The van der Waals surface area contributed by atoms with Crippen molar-refractivity contribution in [3.63, 3.8) is 0 Å². The van der Waals surface area contributed by atoms with E-state index in [9.17, 15) is 9.59 Å². The highest BCUT2D eigenvalue weighted by molar-refractivity contribution is 7.80. The van der Waals surface area contributed by atoms with E-state index in [2.05, 4.69) is 22.8 Å². The summed E-state index contributed by atoms with van der Waals surface area (Å²) in [4.78, 5) is 27.8. The lowest BCUT2D eigenvalue weighted by molar-refractivity contribution is -0.137. The Kier molecular flexibility index (Phi) is 6.79. The van der Waals surface area contributed by atoms with E-state index in [1.807, 2.05) is 4.90 Å². The summed E-state index contributed by atoms with van der Waals surface area (Å²) in [6.45, 7) is 4.90. The Balaban J connectivity index is 1.66. The first-order chi connectivity index (χ1) is 10.2. The van der Waals surface area contributed by atoms with Crippen molar-refractivity contribution in [2.75, 3.05) is 51.7 Å². The van der Waals surface area contributed by atoms with Gasteiger partial charge >= 0.3 is 0 Å². The van der Waals surface area contributed by atoms with Gasteiger partial charge in [-0.15, -0.1) is 0 Å². The summed E-state index contributed by atoms with van der Waals surface area (Å²) >= 11 is 4.06. The third-order valence-corrected chi connectivity index (χ3v) is 4.24. The van der Waals surface area contributed by atoms with Gasteiger partial charge in [-0.2, -0.15) is 12.6 Å². The highest BCUT2D eigenvalue weighted by Crippen LogP contribution is 2.11. The fourth-order valence-corrected chi connectivity index (χ4v) is 2.94. The first kappa shape index (κ1) is 16.6. The van der Waals surface area contributed by atoms with Crippen LogP contribution in [0.3, 0.4) is 0 Å². The maximum atomic E-state index is 12.2. The molecular formula is C14H25N3O3S. The molecule has 2 rings (SSSR count). The number of carbonyl (C=O) groups is 2. The number of hydrogen-bond donors (Lipinski definition) is 2. The molecule has 0 aromatic carbocycles. The number of amides is 2. The summed E-state index contributed by atoms with van der Waals surface area (Å²) in [5.74, 6) is 0.849. The number of morpholine rings is 1. The smallest absolute Gasteiger partial charge is 0.236 e. The Hall–Kier alpha value is -0.790. The molecule has 0 atom stereocenters. The maximum Gasteiger partial charge on any atom is 0.236 e. The topological polar surface area (TPSA) is 61.9 Å². The van der Waals surface area contributed by atoms with E-state index in [0.29, 0.717) is 45.0 Å². The van der Waals surface area contributed by atoms with Crippen LogP contribution in [0.5, 0.6) is 0 Å². The fraction of sp³-hybridized carbons (Fsp3) is 0.857. The zero-order valence-electron chi connectivity index (χ0n) is 12.4. The standard InChI is InChI=1S/C14H25N3O3S/c18-13(3-10-21)15-12-1-4-16(5-2-12)11-14(19)17-6-8-20-9-7-17/h12,21H,1-11H2,(H,15,18). The maximum absolute atomic E-state index is 12.2. The Labute approximate surface area is 131 Å². The molecule has 120 valence electrons. The van der Waals surface area contributed by atoms with Gasteiger partial charge in [-0.3, -0.25) is 14.5 Å². The second-order valence-corrected chi connectivity index (χ2v) is 6.03. The molecule has 6 nitrogen and oxygen atoms in total. The van der Waals surface area contributed by atoms with E-state index < -0.39 is 0 Å². The van der Waals surface area contributed by atoms with Crippen LogP contribution in [0.15, 0.2) is 0 Å². The lowest BCUT2D eigenvalue weighted by Crippen LogP contribution is -2.49. The molecule has 0 spiro atoms. The first-order valence-corrected chi connectivity index (χ1v) is 8.30. The normalized spacial score (nSPS) is 21.3. The van der Waals surface area contributed by atoms with Crippen molar-refractivity contribution in [3.8, 4) is 0 Å². The SMILES string of the molecule is O=C(CCS)NC1CCN(CC(=O)N2CCOCC2)CC1. The van der Waals surface area contributed by atoms with Crippen molar-refractivity contribution < 1.29 is 14.3 Å². The number of rotatable bonds is 5. The summed E-state index contributed by atoms with van der Waals surface area (Å²) in [5.41, 5.74) is 0. The number of ether oxygens (including phenoxy) is 1. The first-order valence-electron chi connectivity index (χ1n) is 7.67. The lowest BCUT2D eigenvalue weighted by atomic mass is 10.0. The summed E-state index contributed by atoms with van der Waals surface area (Å²) in [6, 6.07) is 0.243. The van der Waals surface area contributed by atoms with Crippen molar-refractivity contribution in [2.24, 2.45) is 0 Å². The van der Waals surface area contributed by atoms with Crippen LogP contribution in [0.2, 0.25) is 0 Å². The van der Waals surface area contributed by atoms with Crippen LogP contribution >= 0.6 is 12.6 Å². The average Bonchev–Trinajstić information content (AvgIpc) is 2.50. The van der Waals surface area contributed by atoms with E-state index in [0.717, 1.165) is 25.9 Å². The summed E-state index contributed by atoms with van der Waals surface area (Å²) in [7, 11) is 0. The zero-order chi connectivity index (χ0) is 15.1. The zero-order valence-corrected chi connectivity index (χ0v) is 13.3. The third-order valence-electron chi connectivity index (χ3n) is 4.01. The van der Waals surface area contributed by atoms with Crippen LogP contribution < -0.4 is 5.32 Å². The van der Waals surface area contributed by atoms with Crippen molar-refractivity contribution in [1.29, 1.82) is 0 Å². The van der Waals surface area contributed by atoms with Crippen LogP contribution in [-0.4, -0.2) is 79.3 Å². The van der Waals surface area contributed by atoms with Gasteiger partial charge < -0.3 is 15.0 Å². The quantitative estimate of drug-likeness (QED) is 0.687. The highest BCUT2D eigenvalue weighted by atomic mass is 32.1. The summed E-state index contributed by atoms with van der Waals surface area (Å²) in [6.07, 6.45) is 2.29. The molecule has 2 fully saturated rings. The van der Waals surface area contributed by atoms with Gasteiger partial charge in [0.2, 0.25) is 11.8 Å². The molecule has 2 amide bonds. The van der Waals surface area contributed by atoms with Crippen LogP contribution in [-0.2, 0) is 14.3 Å². The van der Waals surface area contributed by atoms with Gasteiger partial charge in [0.25, 0.3) is 0 Å². The van der Waals surface area contributed by atoms with Crippen LogP contribution in [0.25, 0.3) is 0 Å². The third kappa shape index (κ3) is 5.48. The molecule has 0 aliphatic carbocycles. The molecule has 2 aliphatic rings. The van der Waals surface area contributed by atoms with E-state index >= 15 is 0 Å². The van der Waals surface area contributed by atoms with Crippen molar-refractivity contribution >= 4 is 24.4 Å². The molecule has 1 N–H and O–H groups in total. The largest absolute Gasteiger partial charge is 0.378 e. The molecule has 2 heterocycles. The molecule has 0 aromatic heterocycles. The number of nitrogens with one attached hydrogen (secondary N) is 1. The predicted molar refractivity (Wildman–Crippen MR) is 83.5 cm³/mol. The van der Waals surface area contributed by atoms with Crippen molar-refractivity contribution in [1.82, 2.24) is 15.1 Å². The Morgan fingerprint density at radius 1 is 1.14 bits per heavy atom. The predicted octanol–water partition coefficient (Wildman–Crippen LogP) is -0.254. The molecule has 0 bridgehead atoms. The van der Waals surface area contributed by atoms with Gasteiger partial charge in [-0.05, 0) is 18.6 Å². The molecule has 7 heteroatoms. The molecule has 21 heavy (non-hydrogen) atoms. The molecule has 2 aliphatic heterocycles. The molecule has 0 unspecified atom stereocenters. The number of piperidine rings is 1. The summed E-state index contributed by atoms with van der Waals surface area (Å²) in [5, 5.41) is 3.03. The van der Waals surface area contributed by atoms with Gasteiger partial charge in [-0.1, -0.05) is 0 Å². The van der Waals surface area contributed by atoms with Crippen LogP contribution in [0.1, 0.15) is 19.3 Å². The number of carbonyl (C=O) groups excluding carboxylic acids is 2. The van der Waals surface area contributed by atoms with Gasteiger partial charge in [0, 0.05) is 38.6 Å². The second kappa shape index (κ2) is 8.60. The average molecular weight is 315 g/mol. The highest BCUT2D eigenvalue weighted by Gasteiger charge is 2.24. The van der Waals surface area contributed by atoms with Crippen LogP contribution in [0, 0.1) is 0 Å². The Morgan fingerprint density at radius 3 is 2.43 bits per heavy atom. The molecule has 0 aromatic rings. The van der Waals surface area contributed by atoms with Gasteiger partial charge in [0.15, 0.2) is 0 Å². The van der Waals surface area contributed by atoms with Gasteiger partial charge in [0.05, 0.1) is 19.8 Å². The Bertz CT molecular complexity index is 353. The van der Waals surface area contributed by atoms with E-state index in [4.69, 9.17) is 4.74 Å². The van der Waals surface area contributed by atoms with Crippen LogP contribution in [0.4, 0.5) is 0 Å². The van der Waals surface area contributed by atoms with E-state index in [1.165, 1.54) is 0 Å². The minimum absolute atomic E-state index is 0.0767. The Morgan fingerprint density at radius 2 is 1.81 bits per heavy atom. The number of hydrogen-bond acceptors (Lipinski definition) is 5. The monoisotopic (exact) mass is 315 g/mol. The van der Waals surface area contributed by atoms with E-state index in [-0.39, 0.29) is 17.9 Å². The minimum Gasteiger partial charge on any atom is -0.378 e. The summed E-state index contributed by atoms with van der Waals surface area (Å²) < 4.78 is 5.26. The number of likely N-dealkylation sites (tertiary alicyclic amines) is 1. The van der Waals surface area contributed by atoms with Crippen molar-refractivity contribution in [2.45, 2.75) is 25.3 Å². The molecule has 0 radical (unpaired) electrons. The van der Waals surface area contributed by atoms with E-state index in [1.54, 1.807) is 0 Å². The molecule has 0 saturated carbocycles. The number of nitrogens with zero attached hydrogens (tertiary/aromatic N) is 2. The molecule has 2 saturated heterocycles. The molecular weight excluding hydrogens is 290 g/mol. The minimum atomic E-state index is 0.0767. The number of thiol groups is 1. The van der Waals surface area contributed by atoms with Crippen molar-refractivity contribution in [3.05, 3.63) is 0 Å². The van der Waals surface area contributed by atoms with Gasteiger partial charge in [-0.25, -0.2) is 0 Å². The lowest BCUT2D eigenvalue weighted by Gasteiger charge is -2.34. The van der Waals surface area contributed by atoms with Gasteiger partial charge in [0.1, 0.15) is 0 Å². The fourth-order valence-electron chi connectivity index (χ4n) is 2.74.